The highest BCUT2D eigenvalue weighted by atomic mass is 19.1. The maximum atomic E-state index is 14.2. The molecule has 0 aromatic heterocycles. The summed E-state index contributed by atoms with van der Waals surface area (Å²) in [6.07, 6.45) is 2.06. The minimum absolute atomic E-state index is 0.135. The van der Waals surface area contributed by atoms with Gasteiger partial charge in [-0.15, -0.1) is 0 Å². The SMILES string of the molecule is C=C(C)C(=O)OCc1ccc(-c2ccc(OC(=O)C(=C)C)c(F)c2)cc1.C=C(C)C(=O)OCc1ccc(-c2ccc(OC(=O)C(=C)C)cc2)cc1F.C=CC(=O)OCc1ccc(-c2ccc(OC(=O)C=C)c(F)c2)cc1. The molecule has 0 N–H and O–H groups in total. The standard InChI is InChI=1S/2C21H19FO4.C19H15FO4/c1-13(2)20(23)25-12-15-5-7-16(8-6-15)17-9-10-19(18(22)11-17)26-21(24)14(3)4;1-13(2)20(23)25-12-17-6-5-16(11-19(17)22)15-7-9-18(10-8-15)26-21(24)14(3)4;1-3-18(21)23-12-13-5-7-14(8-6-13)15-9-10-17(16(20)11-15)24-19(22)4-2/h2*5-11H,1,3,12H2,2,4H3;3-11H,1-2,12H2. The Kier molecular flexibility index (Phi) is 22.2. The molecule has 0 fully saturated rings. The smallest absolute Gasteiger partial charge is 0.338 e. The molecule has 0 aliphatic heterocycles. The van der Waals surface area contributed by atoms with E-state index in [1.807, 2.05) is 0 Å². The van der Waals surface area contributed by atoms with Gasteiger partial charge in [0, 0.05) is 40.0 Å². The van der Waals surface area contributed by atoms with Gasteiger partial charge in [-0.05, 0) is 115 Å². The first-order valence-corrected chi connectivity index (χ1v) is 22.8. The summed E-state index contributed by atoms with van der Waals surface area (Å²) in [5.41, 5.74) is 7.17. The number of hydrogen-bond donors (Lipinski definition) is 0. The first-order valence-electron chi connectivity index (χ1n) is 22.8. The Morgan fingerprint density at radius 1 is 0.395 bits per heavy atom. The summed E-state index contributed by atoms with van der Waals surface area (Å²) in [4.78, 5) is 67.9. The van der Waals surface area contributed by atoms with Crippen LogP contribution in [-0.2, 0) is 62.8 Å². The minimum Gasteiger partial charge on any atom is -0.458 e. The third kappa shape index (κ3) is 18.4. The van der Waals surface area contributed by atoms with Crippen LogP contribution >= 0.6 is 0 Å². The molecule has 0 radical (unpaired) electrons. The predicted molar refractivity (Wildman–Crippen MR) is 281 cm³/mol. The monoisotopic (exact) mass is 1030 g/mol. The van der Waals surface area contributed by atoms with Crippen LogP contribution in [0.1, 0.15) is 44.4 Å². The van der Waals surface area contributed by atoms with E-state index < -0.39 is 53.3 Å². The summed E-state index contributed by atoms with van der Waals surface area (Å²) in [5.74, 6) is -5.09. The average molecular weight is 1040 g/mol. The molecular formula is C61H53F3O12. The van der Waals surface area contributed by atoms with Gasteiger partial charge in [-0.25, -0.2) is 41.9 Å². The maximum absolute atomic E-state index is 14.2. The number of carbonyl (C=O) groups is 6. The lowest BCUT2D eigenvalue weighted by Gasteiger charge is -2.09. The lowest BCUT2D eigenvalue weighted by molar-refractivity contribution is -0.141. The van der Waals surface area contributed by atoms with Gasteiger partial charge < -0.3 is 28.4 Å². The van der Waals surface area contributed by atoms with Gasteiger partial charge in [0.25, 0.3) is 0 Å². The molecule has 0 aliphatic carbocycles. The van der Waals surface area contributed by atoms with Crippen LogP contribution in [-0.4, -0.2) is 35.8 Å². The summed E-state index contributed by atoms with van der Waals surface area (Å²) < 4.78 is 72.1. The average Bonchev–Trinajstić information content (AvgIpc) is 3.40. The van der Waals surface area contributed by atoms with Crippen molar-refractivity contribution in [2.75, 3.05) is 0 Å². The summed E-state index contributed by atoms with van der Waals surface area (Å²) in [7, 11) is 0. The molecule has 0 amide bonds. The molecule has 0 aliphatic rings. The second kappa shape index (κ2) is 28.6. The summed E-state index contributed by atoms with van der Waals surface area (Å²) in [6.45, 7) is 26.8. The van der Waals surface area contributed by atoms with Gasteiger partial charge in [0.05, 0.1) is 0 Å². The fraction of sp³-hybridized carbons (Fsp3) is 0.115. The molecule has 0 heterocycles. The van der Waals surface area contributed by atoms with Crippen LogP contribution in [0.5, 0.6) is 17.2 Å². The Bertz CT molecular complexity index is 3190. The third-order valence-electron chi connectivity index (χ3n) is 10.1. The maximum Gasteiger partial charge on any atom is 0.338 e. The molecule has 6 aromatic carbocycles. The van der Waals surface area contributed by atoms with E-state index in [2.05, 4.69) is 39.5 Å². The Morgan fingerprint density at radius 3 is 1.16 bits per heavy atom. The highest BCUT2D eigenvalue weighted by Crippen LogP contribution is 2.29. The lowest BCUT2D eigenvalue weighted by atomic mass is 10.0. The molecule has 12 nitrogen and oxygen atoms in total. The van der Waals surface area contributed by atoms with E-state index in [-0.39, 0.29) is 48.0 Å². The first-order chi connectivity index (χ1) is 36.1. The van der Waals surface area contributed by atoms with Crippen molar-refractivity contribution in [1.82, 2.24) is 0 Å². The molecule has 0 unspecified atom stereocenters. The number of benzene rings is 6. The fourth-order valence-electron chi connectivity index (χ4n) is 5.96. The van der Waals surface area contributed by atoms with Crippen LogP contribution in [0.15, 0.2) is 201 Å². The minimum atomic E-state index is -0.722. The Labute approximate surface area is 438 Å². The van der Waals surface area contributed by atoms with E-state index in [0.717, 1.165) is 40.0 Å². The van der Waals surface area contributed by atoms with Crippen LogP contribution in [0.3, 0.4) is 0 Å². The van der Waals surface area contributed by atoms with Crippen molar-refractivity contribution in [2.24, 2.45) is 0 Å². The van der Waals surface area contributed by atoms with E-state index in [4.69, 9.17) is 28.4 Å². The molecule has 76 heavy (non-hydrogen) atoms. The van der Waals surface area contributed by atoms with E-state index in [9.17, 15) is 41.9 Å². The van der Waals surface area contributed by atoms with Gasteiger partial charge in [-0.1, -0.05) is 124 Å². The number of rotatable bonds is 18. The second-order valence-corrected chi connectivity index (χ2v) is 16.5. The van der Waals surface area contributed by atoms with Crippen molar-refractivity contribution >= 4 is 35.8 Å². The zero-order valence-electron chi connectivity index (χ0n) is 42.2. The highest BCUT2D eigenvalue weighted by Gasteiger charge is 2.14. The van der Waals surface area contributed by atoms with Crippen LogP contribution in [0.4, 0.5) is 13.2 Å². The highest BCUT2D eigenvalue weighted by molar-refractivity contribution is 5.90. The normalized spacial score (nSPS) is 10.0. The molecule has 0 saturated heterocycles. The van der Waals surface area contributed by atoms with Crippen molar-refractivity contribution in [3.8, 4) is 50.6 Å². The molecule has 0 atom stereocenters. The zero-order valence-corrected chi connectivity index (χ0v) is 42.2. The van der Waals surface area contributed by atoms with Gasteiger partial charge >= 0.3 is 35.8 Å². The molecular weight excluding hydrogens is 982 g/mol. The van der Waals surface area contributed by atoms with Gasteiger partial charge in [0.15, 0.2) is 23.1 Å². The van der Waals surface area contributed by atoms with E-state index in [0.29, 0.717) is 33.6 Å². The van der Waals surface area contributed by atoms with Crippen molar-refractivity contribution < 1.29 is 70.4 Å². The quantitative estimate of drug-likeness (QED) is 0.0348. The Balaban J connectivity index is 0.000000247. The summed E-state index contributed by atoms with van der Waals surface area (Å²) in [5, 5.41) is 0. The molecule has 0 spiro atoms. The summed E-state index contributed by atoms with van der Waals surface area (Å²) >= 11 is 0. The van der Waals surface area contributed by atoms with Crippen molar-refractivity contribution in [1.29, 1.82) is 0 Å². The molecule has 6 aromatic rings. The largest absolute Gasteiger partial charge is 0.458 e. The summed E-state index contributed by atoms with van der Waals surface area (Å²) in [6, 6.07) is 34.2. The number of hydrogen-bond acceptors (Lipinski definition) is 12. The lowest BCUT2D eigenvalue weighted by Crippen LogP contribution is -2.09. The predicted octanol–water partition coefficient (Wildman–Crippen LogP) is 13.0. The van der Waals surface area contributed by atoms with Crippen LogP contribution in [0.2, 0.25) is 0 Å². The van der Waals surface area contributed by atoms with E-state index >= 15 is 0 Å². The Morgan fingerprint density at radius 2 is 0.750 bits per heavy atom. The molecule has 390 valence electrons. The fourth-order valence-corrected chi connectivity index (χ4v) is 5.96. The van der Waals surface area contributed by atoms with Crippen molar-refractivity contribution in [2.45, 2.75) is 47.5 Å². The molecule has 15 heteroatoms. The van der Waals surface area contributed by atoms with Gasteiger partial charge in [-0.3, -0.25) is 0 Å². The molecule has 0 saturated carbocycles. The zero-order chi connectivity index (χ0) is 56.1. The third-order valence-corrected chi connectivity index (χ3v) is 10.1. The van der Waals surface area contributed by atoms with Crippen LogP contribution in [0.25, 0.3) is 33.4 Å². The number of esters is 6. The molecule has 6 rings (SSSR count). The molecule has 0 bridgehead atoms. The van der Waals surface area contributed by atoms with E-state index in [1.54, 1.807) is 111 Å². The second-order valence-electron chi connectivity index (χ2n) is 16.5. The number of carbonyl (C=O) groups excluding carboxylic acids is 6. The van der Waals surface area contributed by atoms with Gasteiger partial charge in [-0.2, -0.15) is 0 Å². The van der Waals surface area contributed by atoms with Crippen LogP contribution in [0, 0.1) is 17.5 Å². The number of ether oxygens (including phenoxy) is 6. The van der Waals surface area contributed by atoms with Gasteiger partial charge in [0.1, 0.15) is 31.4 Å². The Hall–Kier alpha value is -9.63. The van der Waals surface area contributed by atoms with Crippen LogP contribution < -0.4 is 14.2 Å². The van der Waals surface area contributed by atoms with Crippen molar-refractivity contribution in [3.63, 3.8) is 0 Å². The number of halogens is 3. The first kappa shape index (κ1) is 58.9. The van der Waals surface area contributed by atoms with E-state index in [1.165, 1.54) is 44.2 Å². The van der Waals surface area contributed by atoms with Gasteiger partial charge in [0.2, 0.25) is 0 Å². The topological polar surface area (TPSA) is 158 Å². The van der Waals surface area contributed by atoms with Crippen molar-refractivity contribution in [3.05, 3.63) is 235 Å².